The van der Waals surface area contributed by atoms with Crippen LogP contribution in [0.25, 0.3) is 0 Å². The Morgan fingerprint density at radius 1 is 0.792 bits per heavy atom. The Bertz CT molecular complexity index is 480. The second-order valence-electron chi connectivity index (χ2n) is 5.61. The van der Waals surface area contributed by atoms with Gasteiger partial charge in [0, 0.05) is 11.6 Å². The molecule has 0 bridgehead atoms. The summed E-state index contributed by atoms with van der Waals surface area (Å²) in [6.07, 6.45) is 5.25. The summed E-state index contributed by atoms with van der Waals surface area (Å²) >= 11 is 0. The van der Waals surface area contributed by atoms with Crippen LogP contribution in [-0.2, 0) is 19.2 Å². The Morgan fingerprint density at radius 3 is 1.79 bits per heavy atom. The lowest BCUT2D eigenvalue weighted by Crippen LogP contribution is -2.17. The van der Waals surface area contributed by atoms with E-state index < -0.39 is 29.8 Å². The second-order valence-corrected chi connectivity index (χ2v) is 5.61. The third kappa shape index (κ3) is 11.2. The molecule has 0 fully saturated rings. The molecule has 0 saturated heterocycles. The van der Waals surface area contributed by atoms with Gasteiger partial charge in [-0.3, -0.25) is 9.59 Å². The quantitative estimate of drug-likeness (QED) is 0.277. The van der Waals surface area contributed by atoms with E-state index in [0.29, 0.717) is 25.3 Å². The molecule has 0 rings (SSSR count). The molecule has 0 aromatic carbocycles. The van der Waals surface area contributed by atoms with E-state index in [9.17, 15) is 19.2 Å². The van der Waals surface area contributed by atoms with Crippen molar-refractivity contribution in [3.8, 4) is 0 Å². The lowest BCUT2D eigenvalue weighted by molar-refractivity contribution is -0.148. The first-order valence-electron chi connectivity index (χ1n) is 7.85. The zero-order chi connectivity index (χ0) is 18.5. The fourth-order valence-electron chi connectivity index (χ4n) is 2.33. The minimum atomic E-state index is -1.28. The van der Waals surface area contributed by atoms with Gasteiger partial charge in [-0.05, 0) is 19.3 Å². The molecule has 0 aliphatic heterocycles. The van der Waals surface area contributed by atoms with Crippen molar-refractivity contribution in [3.05, 3.63) is 11.6 Å². The van der Waals surface area contributed by atoms with E-state index in [4.69, 9.17) is 20.4 Å². The van der Waals surface area contributed by atoms with E-state index >= 15 is 0 Å². The highest BCUT2D eigenvalue weighted by Crippen LogP contribution is 2.17. The standard InChI is InChI=1S/C16H24O8/c17-13(18)9-11(15(21)22)7-5-3-1-2-4-6-8-12(16(23)24)10-14(19)20/h9,12H,1-8,10H2,(H,17,18)(H,19,20)(H,21,22)(H,23,24). The van der Waals surface area contributed by atoms with Gasteiger partial charge in [0.1, 0.15) is 0 Å². The smallest absolute Gasteiger partial charge is 0.331 e. The van der Waals surface area contributed by atoms with Crippen molar-refractivity contribution in [2.75, 3.05) is 0 Å². The fourth-order valence-corrected chi connectivity index (χ4v) is 2.33. The first kappa shape index (κ1) is 21.6. The van der Waals surface area contributed by atoms with E-state index in [1.54, 1.807) is 0 Å². The van der Waals surface area contributed by atoms with E-state index in [0.717, 1.165) is 25.7 Å². The van der Waals surface area contributed by atoms with Gasteiger partial charge in [0.05, 0.1) is 12.3 Å². The number of hydrogen-bond acceptors (Lipinski definition) is 4. The molecule has 0 aliphatic carbocycles. The van der Waals surface area contributed by atoms with Crippen molar-refractivity contribution in [1.82, 2.24) is 0 Å². The lowest BCUT2D eigenvalue weighted by atomic mass is 9.97. The molecule has 0 amide bonds. The molecule has 8 nitrogen and oxygen atoms in total. The van der Waals surface area contributed by atoms with Crippen LogP contribution in [-0.4, -0.2) is 44.3 Å². The van der Waals surface area contributed by atoms with Crippen LogP contribution in [0.2, 0.25) is 0 Å². The maximum atomic E-state index is 10.9. The van der Waals surface area contributed by atoms with Crippen LogP contribution in [0.4, 0.5) is 0 Å². The van der Waals surface area contributed by atoms with E-state index in [-0.39, 0.29) is 18.4 Å². The SMILES string of the molecule is O=C(O)C=C(CCCCCCCCC(CC(=O)O)C(=O)O)C(=O)O. The number of hydrogen-bond donors (Lipinski definition) is 4. The highest BCUT2D eigenvalue weighted by atomic mass is 16.4. The number of unbranched alkanes of at least 4 members (excludes halogenated alkanes) is 5. The van der Waals surface area contributed by atoms with Gasteiger partial charge in [-0.25, -0.2) is 9.59 Å². The van der Waals surface area contributed by atoms with E-state index in [2.05, 4.69) is 0 Å². The average Bonchev–Trinajstić information content (AvgIpc) is 2.46. The Hall–Kier alpha value is -2.38. The number of carbonyl (C=O) groups is 4. The molecule has 24 heavy (non-hydrogen) atoms. The van der Waals surface area contributed by atoms with Crippen LogP contribution >= 0.6 is 0 Å². The van der Waals surface area contributed by atoms with Crippen LogP contribution in [0.15, 0.2) is 11.6 Å². The monoisotopic (exact) mass is 344 g/mol. The first-order valence-corrected chi connectivity index (χ1v) is 7.85. The summed E-state index contributed by atoms with van der Waals surface area (Å²) in [7, 11) is 0. The largest absolute Gasteiger partial charge is 0.481 e. The molecule has 136 valence electrons. The van der Waals surface area contributed by atoms with Gasteiger partial charge in [0.2, 0.25) is 0 Å². The minimum absolute atomic E-state index is 0.125. The zero-order valence-corrected chi connectivity index (χ0v) is 13.4. The summed E-state index contributed by atoms with van der Waals surface area (Å²) in [4.78, 5) is 42.7. The second kappa shape index (κ2) is 12.1. The molecule has 4 N–H and O–H groups in total. The third-order valence-corrected chi connectivity index (χ3v) is 3.59. The van der Waals surface area contributed by atoms with Gasteiger partial charge in [-0.2, -0.15) is 0 Å². The number of rotatable bonds is 14. The predicted molar refractivity (Wildman–Crippen MR) is 83.7 cm³/mol. The molecule has 0 aromatic rings. The Kier molecular flexibility index (Phi) is 10.9. The van der Waals surface area contributed by atoms with Crippen LogP contribution in [0, 0.1) is 5.92 Å². The number of aliphatic carboxylic acids is 4. The molecule has 8 heteroatoms. The highest BCUT2D eigenvalue weighted by molar-refractivity contribution is 5.94. The van der Waals surface area contributed by atoms with Crippen LogP contribution in [0.5, 0.6) is 0 Å². The summed E-state index contributed by atoms with van der Waals surface area (Å²) < 4.78 is 0. The molecular formula is C16H24O8. The van der Waals surface area contributed by atoms with Crippen molar-refractivity contribution in [3.63, 3.8) is 0 Å². The van der Waals surface area contributed by atoms with Crippen LogP contribution < -0.4 is 0 Å². The van der Waals surface area contributed by atoms with E-state index in [1.807, 2.05) is 0 Å². The Labute approximate surface area is 139 Å². The van der Waals surface area contributed by atoms with Crippen molar-refractivity contribution < 1.29 is 39.6 Å². The predicted octanol–water partition coefficient (Wildman–Crippen LogP) is 2.38. The number of carboxylic acids is 4. The summed E-state index contributed by atoms with van der Waals surface area (Å²) in [5.41, 5.74) is -0.125. The molecule has 0 spiro atoms. The van der Waals surface area contributed by atoms with Gasteiger partial charge in [0.15, 0.2) is 0 Å². The molecular weight excluding hydrogens is 320 g/mol. The third-order valence-electron chi connectivity index (χ3n) is 3.59. The summed E-state index contributed by atoms with van der Waals surface area (Å²) in [5.74, 6) is -5.58. The van der Waals surface area contributed by atoms with Crippen molar-refractivity contribution in [2.24, 2.45) is 5.92 Å². The average molecular weight is 344 g/mol. The van der Waals surface area contributed by atoms with Crippen molar-refractivity contribution in [1.29, 1.82) is 0 Å². The van der Waals surface area contributed by atoms with Gasteiger partial charge in [-0.1, -0.05) is 32.1 Å². The topological polar surface area (TPSA) is 149 Å². The van der Waals surface area contributed by atoms with Crippen molar-refractivity contribution in [2.45, 2.75) is 57.8 Å². The molecule has 0 saturated carbocycles. The first-order chi connectivity index (χ1) is 11.2. The maximum Gasteiger partial charge on any atom is 0.331 e. The van der Waals surface area contributed by atoms with Crippen molar-refractivity contribution >= 4 is 23.9 Å². The summed E-state index contributed by atoms with van der Waals surface area (Å²) in [6.45, 7) is 0. The fraction of sp³-hybridized carbons (Fsp3) is 0.625. The summed E-state index contributed by atoms with van der Waals surface area (Å²) in [6, 6.07) is 0. The molecule has 0 radical (unpaired) electrons. The number of carboxylic acid groups (broad SMARTS) is 4. The minimum Gasteiger partial charge on any atom is -0.481 e. The summed E-state index contributed by atoms with van der Waals surface area (Å²) in [5, 5.41) is 34.9. The Morgan fingerprint density at radius 2 is 1.33 bits per heavy atom. The molecule has 1 atom stereocenters. The van der Waals surface area contributed by atoms with Gasteiger partial charge in [0.25, 0.3) is 0 Å². The maximum absolute atomic E-state index is 10.9. The molecule has 0 heterocycles. The van der Waals surface area contributed by atoms with Crippen LogP contribution in [0.1, 0.15) is 57.8 Å². The lowest BCUT2D eigenvalue weighted by Gasteiger charge is -2.09. The van der Waals surface area contributed by atoms with Gasteiger partial charge in [-0.15, -0.1) is 0 Å². The normalized spacial score (nSPS) is 12.6. The highest BCUT2D eigenvalue weighted by Gasteiger charge is 2.20. The van der Waals surface area contributed by atoms with Crippen LogP contribution in [0.3, 0.4) is 0 Å². The zero-order valence-electron chi connectivity index (χ0n) is 13.4. The molecule has 0 aromatic heterocycles. The Balaban J connectivity index is 3.83. The molecule has 1 unspecified atom stereocenters. The van der Waals surface area contributed by atoms with Gasteiger partial charge < -0.3 is 20.4 Å². The van der Waals surface area contributed by atoms with E-state index in [1.165, 1.54) is 0 Å². The van der Waals surface area contributed by atoms with Gasteiger partial charge >= 0.3 is 23.9 Å². The molecule has 0 aliphatic rings.